The van der Waals surface area contributed by atoms with Crippen molar-refractivity contribution < 1.29 is 9.53 Å². The zero-order chi connectivity index (χ0) is 15.6. The number of hydrogen-bond donors (Lipinski definition) is 1. The molecule has 0 amide bonds. The average molecular weight is 312 g/mol. The lowest BCUT2D eigenvalue weighted by molar-refractivity contribution is 0.0601. The van der Waals surface area contributed by atoms with Gasteiger partial charge in [0.2, 0.25) is 0 Å². The summed E-state index contributed by atoms with van der Waals surface area (Å²) in [6, 6.07) is 3.83. The third-order valence-electron chi connectivity index (χ3n) is 3.85. The average Bonchev–Trinajstić information content (AvgIpc) is 2.45. The smallest absolute Gasteiger partial charge is 0.340 e. The highest BCUT2D eigenvalue weighted by molar-refractivity contribution is 6.34. The van der Waals surface area contributed by atoms with E-state index in [1.54, 1.807) is 12.1 Å². The van der Waals surface area contributed by atoms with E-state index in [1.807, 2.05) is 0 Å². The zero-order valence-electron chi connectivity index (χ0n) is 12.7. The summed E-state index contributed by atoms with van der Waals surface area (Å²) < 4.78 is 4.85. The van der Waals surface area contributed by atoms with Gasteiger partial charge in [-0.2, -0.15) is 0 Å². The van der Waals surface area contributed by atoms with Gasteiger partial charge in [0.25, 0.3) is 0 Å². The van der Waals surface area contributed by atoms with Gasteiger partial charge in [-0.05, 0) is 26.0 Å². The van der Waals surface area contributed by atoms with Crippen molar-refractivity contribution in [2.24, 2.45) is 0 Å². The predicted molar refractivity (Wildman–Crippen MR) is 86.1 cm³/mol. The predicted octanol–water partition coefficient (Wildman–Crippen LogP) is 2.24. The number of piperazine rings is 1. The van der Waals surface area contributed by atoms with Crippen LogP contribution in [0.15, 0.2) is 12.1 Å². The number of rotatable bonds is 3. The van der Waals surface area contributed by atoms with Crippen LogP contribution in [0.3, 0.4) is 0 Å². The Kier molecular flexibility index (Phi) is 4.96. The van der Waals surface area contributed by atoms with Crippen molar-refractivity contribution in [2.75, 3.05) is 43.9 Å². The first-order valence-corrected chi connectivity index (χ1v) is 7.48. The van der Waals surface area contributed by atoms with Gasteiger partial charge in [-0.1, -0.05) is 11.6 Å². The molecule has 1 saturated heterocycles. The molecule has 0 spiro atoms. The van der Waals surface area contributed by atoms with Crippen LogP contribution in [0.1, 0.15) is 24.2 Å². The van der Waals surface area contributed by atoms with Crippen molar-refractivity contribution in [3.63, 3.8) is 0 Å². The minimum Gasteiger partial charge on any atom is -0.465 e. The summed E-state index contributed by atoms with van der Waals surface area (Å²) in [5.74, 6) is -0.412. The lowest BCUT2D eigenvalue weighted by atomic mass is 10.1. The molecule has 0 bridgehead atoms. The van der Waals surface area contributed by atoms with E-state index in [-0.39, 0.29) is 0 Å². The summed E-state index contributed by atoms with van der Waals surface area (Å²) in [5, 5.41) is 0.494. The number of methoxy groups -OCH3 is 1. The molecule has 116 valence electrons. The molecule has 2 N–H and O–H groups in total. The summed E-state index contributed by atoms with van der Waals surface area (Å²) in [7, 11) is 1.36. The third-order valence-corrected chi connectivity index (χ3v) is 4.14. The normalized spacial score (nSPS) is 16.3. The van der Waals surface area contributed by atoms with Crippen LogP contribution in [-0.2, 0) is 4.74 Å². The van der Waals surface area contributed by atoms with Crippen LogP contribution in [0.2, 0.25) is 5.02 Å². The third kappa shape index (κ3) is 3.41. The number of esters is 1. The molecule has 1 aromatic rings. The fourth-order valence-corrected chi connectivity index (χ4v) is 3.02. The Morgan fingerprint density at radius 2 is 1.90 bits per heavy atom. The molecule has 2 rings (SSSR count). The van der Waals surface area contributed by atoms with Gasteiger partial charge in [0.1, 0.15) is 0 Å². The highest BCUT2D eigenvalue weighted by Gasteiger charge is 2.25. The molecule has 1 aliphatic heterocycles. The van der Waals surface area contributed by atoms with Crippen LogP contribution >= 0.6 is 11.6 Å². The van der Waals surface area contributed by atoms with Crippen molar-refractivity contribution in [3.05, 3.63) is 22.7 Å². The summed E-state index contributed by atoms with van der Waals surface area (Å²) >= 11 is 6.32. The topological polar surface area (TPSA) is 58.8 Å². The minimum absolute atomic E-state index is 0.412. The van der Waals surface area contributed by atoms with E-state index >= 15 is 0 Å². The van der Waals surface area contributed by atoms with Crippen LogP contribution in [0.5, 0.6) is 0 Å². The molecule has 0 radical (unpaired) electrons. The van der Waals surface area contributed by atoms with Crippen molar-refractivity contribution in [2.45, 2.75) is 19.9 Å². The van der Waals surface area contributed by atoms with Crippen LogP contribution in [0.25, 0.3) is 0 Å². The molecule has 6 heteroatoms. The highest BCUT2D eigenvalue weighted by atomic mass is 35.5. The van der Waals surface area contributed by atoms with E-state index in [1.165, 1.54) is 7.11 Å². The Morgan fingerprint density at radius 1 is 1.29 bits per heavy atom. The number of hydrogen-bond acceptors (Lipinski definition) is 5. The number of nitrogens with two attached hydrogens (primary N) is 1. The molecule has 0 unspecified atom stereocenters. The first-order valence-electron chi connectivity index (χ1n) is 7.10. The molecule has 0 aromatic heterocycles. The number of ether oxygens (including phenoxy) is 1. The summed E-state index contributed by atoms with van der Waals surface area (Å²) in [6.07, 6.45) is 0. The lowest BCUT2D eigenvalue weighted by Crippen LogP contribution is -2.49. The van der Waals surface area contributed by atoms with Gasteiger partial charge >= 0.3 is 5.97 Å². The first-order chi connectivity index (χ1) is 9.93. The second-order valence-corrected chi connectivity index (χ2v) is 5.91. The first kappa shape index (κ1) is 15.9. The number of nitrogens with zero attached hydrogens (tertiary/aromatic N) is 2. The van der Waals surface area contributed by atoms with Gasteiger partial charge in [0.15, 0.2) is 0 Å². The Hall–Kier alpha value is -1.46. The summed E-state index contributed by atoms with van der Waals surface area (Å²) in [6.45, 7) is 7.91. The van der Waals surface area contributed by atoms with Crippen LogP contribution in [0, 0.1) is 0 Å². The van der Waals surface area contributed by atoms with Gasteiger partial charge in [-0.15, -0.1) is 0 Å². The van der Waals surface area contributed by atoms with E-state index in [4.69, 9.17) is 22.1 Å². The fraction of sp³-hybridized carbons (Fsp3) is 0.533. The number of carbonyl (C=O) groups is 1. The van der Waals surface area contributed by atoms with Gasteiger partial charge in [-0.25, -0.2) is 4.79 Å². The minimum atomic E-state index is -0.412. The van der Waals surface area contributed by atoms with E-state index in [0.717, 1.165) is 31.9 Å². The maximum absolute atomic E-state index is 12.0. The maximum Gasteiger partial charge on any atom is 0.340 e. The molecule has 1 aliphatic rings. The molecular weight excluding hydrogens is 290 g/mol. The summed E-state index contributed by atoms with van der Waals surface area (Å²) in [4.78, 5) is 16.5. The number of halogens is 1. The molecule has 0 saturated carbocycles. The van der Waals surface area contributed by atoms with Gasteiger partial charge in [0, 0.05) is 37.9 Å². The van der Waals surface area contributed by atoms with Crippen molar-refractivity contribution in [1.82, 2.24) is 4.90 Å². The molecule has 1 heterocycles. The summed E-state index contributed by atoms with van der Waals surface area (Å²) in [5.41, 5.74) is 7.41. The standard InChI is InChI=1S/C15H22ClN3O2/c1-10(2)18-4-6-19(7-5-18)14-12(15(20)21-3)8-11(17)9-13(14)16/h8-10H,4-7,17H2,1-3H3. The quantitative estimate of drug-likeness (QED) is 0.685. The Labute approximate surface area is 130 Å². The molecule has 5 nitrogen and oxygen atoms in total. The Morgan fingerprint density at radius 3 is 2.43 bits per heavy atom. The molecule has 0 atom stereocenters. The second-order valence-electron chi connectivity index (χ2n) is 5.51. The van der Waals surface area contributed by atoms with Gasteiger partial charge in [-0.3, -0.25) is 4.90 Å². The molecule has 0 aliphatic carbocycles. The van der Waals surface area contributed by atoms with Gasteiger partial charge in [0.05, 0.1) is 23.4 Å². The number of nitrogen functional groups attached to an aromatic ring is 1. The molecule has 1 aromatic carbocycles. The van der Waals surface area contributed by atoms with E-state index in [2.05, 4.69) is 23.6 Å². The molecular formula is C15H22ClN3O2. The van der Waals surface area contributed by atoms with Crippen LogP contribution in [-0.4, -0.2) is 50.2 Å². The van der Waals surface area contributed by atoms with Crippen molar-refractivity contribution in [1.29, 1.82) is 0 Å². The SMILES string of the molecule is COC(=O)c1cc(N)cc(Cl)c1N1CCN(C(C)C)CC1. The Balaban J connectivity index is 2.29. The van der Waals surface area contributed by atoms with Gasteiger partial charge < -0.3 is 15.4 Å². The van der Waals surface area contributed by atoms with E-state index < -0.39 is 5.97 Å². The van der Waals surface area contributed by atoms with E-state index in [0.29, 0.717) is 22.3 Å². The molecule has 21 heavy (non-hydrogen) atoms. The van der Waals surface area contributed by atoms with Crippen LogP contribution < -0.4 is 10.6 Å². The number of anilines is 2. The number of carbonyl (C=O) groups excluding carboxylic acids is 1. The maximum atomic E-state index is 12.0. The fourth-order valence-electron chi connectivity index (χ4n) is 2.67. The highest BCUT2D eigenvalue weighted by Crippen LogP contribution is 2.33. The monoisotopic (exact) mass is 311 g/mol. The van der Waals surface area contributed by atoms with Crippen molar-refractivity contribution >= 4 is 28.9 Å². The van der Waals surface area contributed by atoms with E-state index in [9.17, 15) is 4.79 Å². The Bertz CT molecular complexity index is 526. The lowest BCUT2D eigenvalue weighted by Gasteiger charge is -2.39. The second kappa shape index (κ2) is 6.54. The van der Waals surface area contributed by atoms with Crippen molar-refractivity contribution in [3.8, 4) is 0 Å². The largest absolute Gasteiger partial charge is 0.465 e. The van der Waals surface area contributed by atoms with Crippen LogP contribution in [0.4, 0.5) is 11.4 Å². The molecule has 1 fully saturated rings. The number of benzene rings is 1. The zero-order valence-corrected chi connectivity index (χ0v) is 13.5.